The lowest BCUT2D eigenvalue weighted by molar-refractivity contribution is -0.136. The first-order chi connectivity index (χ1) is 8.14. The fourth-order valence-electron chi connectivity index (χ4n) is 3.09. The molecule has 1 N–H and O–H groups in total. The first-order valence-corrected chi connectivity index (χ1v) is 7.90. The third-order valence-electron chi connectivity index (χ3n) is 3.96. The fraction of sp³-hybridized carbons (Fsp3) is 0.923. The van der Waals surface area contributed by atoms with E-state index in [2.05, 4.69) is 24.1 Å². The van der Waals surface area contributed by atoms with Gasteiger partial charge in [-0.25, -0.2) is 0 Å². The van der Waals surface area contributed by atoms with Crippen LogP contribution in [0.4, 0.5) is 0 Å². The highest BCUT2D eigenvalue weighted by atomic mass is 32.2. The molecule has 0 radical (unpaired) electrons. The summed E-state index contributed by atoms with van der Waals surface area (Å²) in [6.07, 6.45) is 4.90. The number of rotatable bonds is 3. The van der Waals surface area contributed by atoms with E-state index in [0.29, 0.717) is 11.3 Å². The van der Waals surface area contributed by atoms with Gasteiger partial charge < -0.3 is 4.90 Å². The van der Waals surface area contributed by atoms with Crippen molar-refractivity contribution in [2.75, 3.05) is 24.7 Å². The van der Waals surface area contributed by atoms with Crippen LogP contribution < -0.4 is 5.32 Å². The summed E-state index contributed by atoms with van der Waals surface area (Å²) in [5.41, 5.74) is 0.356. The molecule has 2 aliphatic rings. The maximum atomic E-state index is 12.3. The largest absolute Gasteiger partial charge is 0.341 e. The molecule has 3 nitrogen and oxygen atoms in total. The first kappa shape index (κ1) is 13.2. The summed E-state index contributed by atoms with van der Waals surface area (Å²) >= 11 is 1.83. The van der Waals surface area contributed by atoms with Crippen molar-refractivity contribution in [3.8, 4) is 0 Å². The maximum Gasteiger partial charge on any atom is 0.240 e. The lowest BCUT2D eigenvalue weighted by atomic mass is 9.78. The van der Waals surface area contributed by atoms with Gasteiger partial charge in [0.05, 0.1) is 6.04 Å². The molecule has 0 saturated carbocycles. The van der Waals surface area contributed by atoms with E-state index in [9.17, 15) is 4.79 Å². The van der Waals surface area contributed by atoms with Crippen molar-refractivity contribution in [2.45, 2.75) is 45.6 Å². The van der Waals surface area contributed by atoms with Crippen LogP contribution in [0.1, 0.15) is 39.5 Å². The molecule has 0 aromatic carbocycles. The van der Waals surface area contributed by atoms with Gasteiger partial charge in [-0.15, -0.1) is 11.8 Å². The molecule has 2 atom stereocenters. The van der Waals surface area contributed by atoms with Crippen LogP contribution in [0.25, 0.3) is 0 Å². The number of amides is 1. The zero-order valence-corrected chi connectivity index (χ0v) is 11.8. The summed E-state index contributed by atoms with van der Waals surface area (Å²) in [5, 5.41) is 3.28. The molecule has 1 amide bonds. The molecule has 0 aliphatic carbocycles. The molecule has 4 heteroatoms. The van der Waals surface area contributed by atoms with Crippen molar-refractivity contribution in [3.05, 3.63) is 0 Å². The van der Waals surface area contributed by atoms with E-state index in [0.717, 1.165) is 24.7 Å². The predicted octanol–water partition coefficient (Wildman–Crippen LogP) is 2.08. The number of nitrogens with one attached hydrogen (secondary N) is 1. The minimum atomic E-state index is 0.0731. The van der Waals surface area contributed by atoms with Gasteiger partial charge in [0, 0.05) is 24.7 Å². The Morgan fingerprint density at radius 1 is 1.59 bits per heavy atom. The van der Waals surface area contributed by atoms with Crippen LogP contribution in [0.3, 0.4) is 0 Å². The molecule has 0 aromatic rings. The number of hydrogen-bond donors (Lipinski definition) is 1. The van der Waals surface area contributed by atoms with E-state index in [-0.39, 0.29) is 6.04 Å². The van der Waals surface area contributed by atoms with Gasteiger partial charge >= 0.3 is 0 Å². The van der Waals surface area contributed by atoms with Crippen molar-refractivity contribution in [1.82, 2.24) is 10.2 Å². The van der Waals surface area contributed by atoms with Gasteiger partial charge in [-0.1, -0.05) is 20.3 Å². The lowest BCUT2D eigenvalue weighted by Gasteiger charge is -2.41. The second kappa shape index (κ2) is 5.61. The molecule has 2 aliphatic heterocycles. The Kier molecular flexibility index (Phi) is 4.36. The first-order valence-electron chi connectivity index (χ1n) is 6.74. The van der Waals surface area contributed by atoms with Gasteiger partial charge in [0.2, 0.25) is 5.91 Å². The Hall–Kier alpha value is -0.220. The molecule has 98 valence electrons. The smallest absolute Gasteiger partial charge is 0.240 e. The second-order valence-electron chi connectivity index (χ2n) is 5.70. The normalized spacial score (nSPS) is 34.0. The lowest BCUT2D eigenvalue weighted by Crippen LogP contribution is -2.51. The number of nitrogens with zero attached hydrogens (tertiary/aromatic N) is 1. The highest BCUT2D eigenvalue weighted by Gasteiger charge is 2.35. The average Bonchev–Trinajstić information content (AvgIpc) is 2.81. The molecule has 0 spiro atoms. The predicted molar refractivity (Wildman–Crippen MR) is 73.1 cm³/mol. The zero-order chi connectivity index (χ0) is 12.3. The minimum Gasteiger partial charge on any atom is -0.341 e. The second-order valence-corrected chi connectivity index (χ2v) is 6.73. The summed E-state index contributed by atoms with van der Waals surface area (Å²) in [5.74, 6) is 2.20. The molecular formula is C13H24N2OS. The van der Waals surface area contributed by atoms with Gasteiger partial charge in [-0.3, -0.25) is 10.1 Å². The van der Waals surface area contributed by atoms with Crippen LogP contribution in [0, 0.1) is 5.41 Å². The Morgan fingerprint density at radius 3 is 3.06 bits per heavy atom. The SMILES string of the molecule is CCCC1(C)CCCN(C(=O)C2CSCN2)C1. The number of thioether (sulfide) groups is 1. The monoisotopic (exact) mass is 256 g/mol. The van der Waals surface area contributed by atoms with E-state index in [1.807, 2.05) is 11.8 Å². The number of piperidine rings is 1. The van der Waals surface area contributed by atoms with E-state index in [1.165, 1.54) is 25.7 Å². The molecular weight excluding hydrogens is 232 g/mol. The maximum absolute atomic E-state index is 12.3. The Bertz CT molecular complexity index is 275. The molecule has 2 unspecified atom stereocenters. The molecule has 2 heterocycles. The van der Waals surface area contributed by atoms with E-state index < -0.39 is 0 Å². The molecule has 0 aromatic heterocycles. The fourth-order valence-corrected chi connectivity index (χ4v) is 4.02. The van der Waals surface area contributed by atoms with Gasteiger partial charge in [0.25, 0.3) is 0 Å². The summed E-state index contributed by atoms with van der Waals surface area (Å²) in [6.45, 7) is 6.50. The van der Waals surface area contributed by atoms with Crippen LogP contribution in [0.2, 0.25) is 0 Å². The number of carbonyl (C=O) groups is 1. The highest BCUT2D eigenvalue weighted by Crippen LogP contribution is 2.34. The van der Waals surface area contributed by atoms with Crippen molar-refractivity contribution in [2.24, 2.45) is 5.41 Å². The van der Waals surface area contributed by atoms with Gasteiger partial charge in [0.15, 0.2) is 0 Å². The summed E-state index contributed by atoms with van der Waals surface area (Å²) in [6, 6.07) is 0.0731. The third kappa shape index (κ3) is 3.16. The molecule has 2 fully saturated rings. The molecule has 2 saturated heterocycles. The Labute approximate surface area is 109 Å². The number of carbonyl (C=O) groups excluding carboxylic acids is 1. The van der Waals surface area contributed by atoms with Crippen molar-refractivity contribution in [1.29, 1.82) is 0 Å². The number of likely N-dealkylation sites (tertiary alicyclic amines) is 1. The summed E-state index contributed by atoms with van der Waals surface area (Å²) in [7, 11) is 0. The Balaban J connectivity index is 1.94. The van der Waals surface area contributed by atoms with Crippen LogP contribution in [0.5, 0.6) is 0 Å². The van der Waals surface area contributed by atoms with Gasteiger partial charge in [0.1, 0.15) is 0 Å². The summed E-state index contributed by atoms with van der Waals surface area (Å²) < 4.78 is 0. The quantitative estimate of drug-likeness (QED) is 0.839. The Morgan fingerprint density at radius 2 is 2.41 bits per heavy atom. The van der Waals surface area contributed by atoms with Crippen LogP contribution in [-0.4, -0.2) is 41.6 Å². The van der Waals surface area contributed by atoms with E-state index in [1.54, 1.807) is 0 Å². The average molecular weight is 256 g/mol. The standard InChI is InChI=1S/C13H24N2OS/c1-3-5-13(2)6-4-7-15(9-13)12(16)11-8-17-10-14-11/h11,14H,3-10H2,1-2H3. The minimum absolute atomic E-state index is 0.0731. The topological polar surface area (TPSA) is 32.3 Å². The molecule has 0 bridgehead atoms. The van der Waals surface area contributed by atoms with Crippen molar-refractivity contribution in [3.63, 3.8) is 0 Å². The van der Waals surface area contributed by atoms with E-state index >= 15 is 0 Å². The van der Waals surface area contributed by atoms with Gasteiger partial charge in [-0.2, -0.15) is 0 Å². The van der Waals surface area contributed by atoms with Crippen molar-refractivity contribution >= 4 is 17.7 Å². The van der Waals surface area contributed by atoms with Crippen molar-refractivity contribution < 1.29 is 4.79 Å². The molecule has 17 heavy (non-hydrogen) atoms. The van der Waals surface area contributed by atoms with E-state index in [4.69, 9.17) is 0 Å². The van der Waals surface area contributed by atoms with Crippen LogP contribution >= 0.6 is 11.8 Å². The summed E-state index contributed by atoms with van der Waals surface area (Å²) in [4.78, 5) is 14.4. The highest BCUT2D eigenvalue weighted by molar-refractivity contribution is 7.99. The number of hydrogen-bond acceptors (Lipinski definition) is 3. The van der Waals surface area contributed by atoms with Crippen LogP contribution in [-0.2, 0) is 4.79 Å². The third-order valence-corrected chi connectivity index (χ3v) is 4.90. The zero-order valence-electron chi connectivity index (χ0n) is 11.0. The van der Waals surface area contributed by atoms with Crippen LogP contribution in [0.15, 0.2) is 0 Å². The molecule has 2 rings (SSSR count). The van der Waals surface area contributed by atoms with Gasteiger partial charge in [-0.05, 0) is 24.7 Å².